The Hall–Kier alpha value is -1.33. The van der Waals surface area contributed by atoms with Gasteiger partial charge in [0, 0.05) is 24.7 Å². The molecule has 0 aliphatic carbocycles. The highest BCUT2D eigenvalue weighted by Gasteiger charge is 2.20. The SMILES string of the molecule is CCn1cc(NC(=O)C2CCNCC2)ccc1=O.Cl. The van der Waals surface area contributed by atoms with E-state index in [1.54, 1.807) is 16.8 Å². The Bertz CT molecular complexity index is 481. The van der Waals surface area contributed by atoms with Crippen LogP contribution in [0.5, 0.6) is 0 Å². The summed E-state index contributed by atoms with van der Waals surface area (Å²) in [5, 5.41) is 6.12. The quantitative estimate of drug-likeness (QED) is 0.878. The molecule has 1 aliphatic heterocycles. The summed E-state index contributed by atoms with van der Waals surface area (Å²) in [7, 11) is 0. The first-order valence-corrected chi connectivity index (χ1v) is 6.43. The molecule has 19 heavy (non-hydrogen) atoms. The Morgan fingerprint density at radius 3 is 2.74 bits per heavy atom. The van der Waals surface area contributed by atoms with Gasteiger partial charge in [-0.3, -0.25) is 9.59 Å². The molecule has 1 fully saturated rings. The van der Waals surface area contributed by atoms with Gasteiger partial charge >= 0.3 is 0 Å². The lowest BCUT2D eigenvalue weighted by atomic mass is 9.97. The molecule has 2 N–H and O–H groups in total. The van der Waals surface area contributed by atoms with Gasteiger partial charge in [0.15, 0.2) is 0 Å². The van der Waals surface area contributed by atoms with Crippen molar-refractivity contribution in [1.82, 2.24) is 9.88 Å². The third-order valence-electron chi connectivity index (χ3n) is 3.30. The summed E-state index contributed by atoms with van der Waals surface area (Å²) < 4.78 is 1.58. The van der Waals surface area contributed by atoms with Gasteiger partial charge in [-0.1, -0.05) is 0 Å². The second-order valence-electron chi connectivity index (χ2n) is 4.56. The van der Waals surface area contributed by atoms with Crippen LogP contribution in [0.15, 0.2) is 23.1 Å². The molecule has 1 saturated heterocycles. The van der Waals surface area contributed by atoms with E-state index in [2.05, 4.69) is 10.6 Å². The van der Waals surface area contributed by atoms with Crippen molar-refractivity contribution in [1.29, 1.82) is 0 Å². The predicted octanol–water partition coefficient (Wildman–Crippen LogP) is 1.23. The lowest BCUT2D eigenvalue weighted by Crippen LogP contribution is -2.34. The van der Waals surface area contributed by atoms with Gasteiger partial charge in [0.2, 0.25) is 5.91 Å². The standard InChI is InChI=1S/C13H19N3O2.ClH/c1-2-16-9-11(3-4-12(16)17)15-13(18)10-5-7-14-8-6-10;/h3-4,9-10,14H,2,5-8H2,1H3,(H,15,18);1H. The van der Waals surface area contributed by atoms with Crippen molar-refractivity contribution >= 4 is 24.0 Å². The molecule has 5 nitrogen and oxygen atoms in total. The van der Waals surface area contributed by atoms with E-state index >= 15 is 0 Å². The van der Waals surface area contributed by atoms with Crippen LogP contribution in [0.2, 0.25) is 0 Å². The van der Waals surface area contributed by atoms with E-state index < -0.39 is 0 Å². The van der Waals surface area contributed by atoms with Crippen molar-refractivity contribution in [3.8, 4) is 0 Å². The van der Waals surface area contributed by atoms with Crippen LogP contribution in [-0.2, 0) is 11.3 Å². The summed E-state index contributed by atoms with van der Waals surface area (Å²) in [6.07, 6.45) is 3.44. The molecule has 0 unspecified atom stereocenters. The van der Waals surface area contributed by atoms with Gasteiger partial charge in [0.1, 0.15) is 0 Å². The molecule has 1 aliphatic rings. The molecule has 0 atom stereocenters. The van der Waals surface area contributed by atoms with E-state index in [9.17, 15) is 9.59 Å². The average molecular weight is 286 g/mol. The van der Waals surface area contributed by atoms with Crippen molar-refractivity contribution in [3.63, 3.8) is 0 Å². The highest BCUT2D eigenvalue weighted by molar-refractivity contribution is 5.92. The topological polar surface area (TPSA) is 63.1 Å². The van der Waals surface area contributed by atoms with Crippen molar-refractivity contribution in [2.24, 2.45) is 5.92 Å². The molecule has 2 heterocycles. The van der Waals surface area contributed by atoms with Crippen molar-refractivity contribution in [2.75, 3.05) is 18.4 Å². The number of pyridine rings is 1. The number of carbonyl (C=O) groups excluding carboxylic acids is 1. The van der Waals surface area contributed by atoms with Crippen LogP contribution in [0.3, 0.4) is 0 Å². The number of aryl methyl sites for hydroxylation is 1. The summed E-state index contributed by atoms with van der Waals surface area (Å²) in [6.45, 7) is 4.30. The Labute approximate surface area is 118 Å². The van der Waals surface area contributed by atoms with E-state index in [1.165, 1.54) is 6.07 Å². The summed E-state index contributed by atoms with van der Waals surface area (Å²) in [6, 6.07) is 3.15. The number of rotatable bonds is 3. The van der Waals surface area contributed by atoms with E-state index in [0.29, 0.717) is 12.2 Å². The number of aromatic nitrogens is 1. The van der Waals surface area contributed by atoms with Gasteiger partial charge in [-0.15, -0.1) is 12.4 Å². The fourth-order valence-electron chi connectivity index (χ4n) is 2.18. The van der Waals surface area contributed by atoms with Crippen LogP contribution >= 0.6 is 12.4 Å². The van der Waals surface area contributed by atoms with Crippen LogP contribution in [0, 0.1) is 5.92 Å². The smallest absolute Gasteiger partial charge is 0.250 e. The molecule has 106 valence electrons. The van der Waals surface area contributed by atoms with Crippen LogP contribution in [-0.4, -0.2) is 23.6 Å². The second kappa shape index (κ2) is 7.31. The first kappa shape index (κ1) is 15.7. The maximum absolute atomic E-state index is 12.0. The first-order chi connectivity index (χ1) is 8.70. The summed E-state index contributed by atoms with van der Waals surface area (Å²) in [4.78, 5) is 23.5. The zero-order chi connectivity index (χ0) is 13.0. The van der Waals surface area contributed by atoms with Gasteiger partial charge < -0.3 is 15.2 Å². The normalized spacial score (nSPS) is 15.6. The van der Waals surface area contributed by atoms with E-state index in [1.807, 2.05) is 6.92 Å². The molecular weight excluding hydrogens is 266 g/mol. The Morgan fingerprint density at radius 1 is 1.42 bits per heavy atom. The summed E-state index contributed by atoms with van der Waals surface area (Å²) in [5.41, 5.74) is 0.650. The highest BCUT2D eigenvalue weighted by Crippen LogP contribution is 2.14. The number of carbonyl (C=O) groups is 1. The number of halogens is 1. The number of nitrogens with one attached hydrogen (secondary N) is 2. The van der Waals surface area contributed by atoms with Gasteiger partial charge in [-0.05, 0) is 38.9 Å². The zero-order valence-corrected chi connectivity index (χ0v) is 11.8. The Kier molecular flexibility index (Phi) is 6.05. The van der Waals surface area contributed by atoms with Crippen LogP contribution in [0.4, 0.5) is 5.69 Å². The number of hydrogen-bond donors (Lipinski definition) is 2. The molecule has 1 amide bonds. The van der Waals surface area contributed by atoms with Gasteiger partial charge in [0.05, 0.1) is 5.69 Å². The van der Waals surface area contributed by atoms with Crippen molar-refractivity contribution in [3.05, 3.63) is 28.7 Å². The lowest BCUT2D eigenvalue weighted by Gasteiger charge is -2.21. The highest BCUT2D eigenvalue weighted by atomic mass is 35.5. The number of amides is 1. The minimum Gasteiger partial charge on any atom is -0.325 e. The third-order valence-corrected chi connectivity index (χ3v) is 3.30. The third kappa shape index (κ3) is 4.08. The second-order valence-corrected chi connectivity index (χ2v) is 4.56. The van der Waals surface area contributed by atoms with Crippen LogP contribution in [0.1, 0.15) is 19.8 Å². The zero-order valence-electron chi connectivity index (χ0n) is 11.0. The van der Waals surface area contributed by atoms with E-state index in [4.69, 9.17) is 0 Å². The molecule has 6 heteroatoms. The van der Waals surface area contributed by atoms with Gasteiger partial charge in [-0.25, -0.2) is 0 Å². The molecule has 0 spiro atoms. The summed E-state index contributed by atoms with van der Waals surface area (Å²) >= 11 is 0. The fourth-order valence-corrected chi connectivity index (χ4v) is 2.18. The molecule has 0 bridgehead atoms. The number of piperidine rings is 1. The number of hydrogen-bond acceptors (Lipinski definition) is 3. The number of anilines is 1. The maximum atomic E-state index is 12.0. The van der Waals surface area contributed by atoms with Crippen LogP contribution < -0.4 is 16.2 Å². The van der Waals surface area contributed by atoms with Crippen molar-refractivity contribution < 1.29 is 4.79 Å². The van der Waals surface area contributed by atoms with E-state index in [0.717, 1.165) is 25.9 Å². The van der Waals surface area contributed by atoms with E-state index in [-0.39, 0.29) is 29.8 Å². The largest absolute Gasteiger partial charge is 0.325 e. The molecule has 0 aromatic carbocycles. The average Bonchev–Trinajstić information content (AvgIpc) is 2.42. The monoisotopic (exact) mass is 285 g/mol. The predicted molar refractivity (Wildman–Crippen MR) is 77.8 cm³/mol. The van der Waals surface area contributed by atoms with Crippen LogP contribution in [0.25, 0.3) is 0 Å². The Morgan fingerprint density at radius 2 is 2.11 bits per heavy atom. The van der Waals surface area contributed by atoms with Gasteiger partial charge in [0.25, 0.3) is 5.56 Å². The minimum atomic E-state index is -0.0441. The molecule has 0 radical (unpaired) electrons. The number of nitrogens with zero attached hydrogens (tertiary/aromatic N) is 1. The molecule has 2 rings (SSSR count). The molecule has 1 aromatic rings. The van der Waals surface area contributed by atoms with Crippen molar-refractivity contribution in [2.45, 2.75) is 26.3 Å². The molecular formula is C13H20ClN3O2. The Balaban J connectivity index is 0.00000180. The first-order valence-electron chi connectivity index (χ1n) is 6.43. The minimum absolute atomic E-state index is 0. The maximum Gasteiger partial charge on any atom is 0.250 e. The summed E-state index contributed by atoms with van der Waals surface area (Å²) in [5.74, 6) is 0.131. The molecule has 0 saturated carbocycles. The van der Waals surface area contributed by atoms with Gasteiger partial charge in [-0.2, -0.15) is 0 Å². The lowest BCUT2D eigenvalue weighted by molar-refractivity contribution is -0.120. The fraction of sp³-hybridized carbons (Fsp3) is 0.538. The molecule has 1 aromatic heterocycles.